The first-order valence-corrected chi connectivity index (χ1v) is 4.49. The van der Waals surface area contributed by atoms with Crippen molar-refractivity contribution in [2.24, 2.45) is 5.41 Å². The molecule has 0 aliphatic rings. The maximum Gasteiger partial charge on any atom is 0.295 e. The number of nitrogens with zero attached hydrogens (tertiary/aromatic N) is 2. The Kier molecular flexibility index (Phi) is 4.00. The predicted octanol–water partition coefficient (Wildman–Crippen LogP) is 1.67. The van der Waals surface area contributed by atoms with Crippen LogP contribution in [0.1, 0.15) is 34.1 Å². The van der Waals surface area contributed by atoms with Crippen molar-refractivity contribution in [3.8, 4) is 0 Å². The Hall–Kier alpha value is -1.40. The molecule has 88 valence electrons. The molecule has 0 aromatic heterocycles. The third kappa shape index (κ3) is 6.64. The zero-order chi connectivity index (χ0) is 12.3. The van der Waals surface area contributed by atoms with Crippen LogP contribution >= 0.6 is 0 Å². The molecule has 15 heavy (non-hydrogen) atoms. The highest BCUT2D eigenvalue weighted by Gasteiger charge is 2.38. The molecule has 0 fully saturated rings. The highest BCUT2D eigenvalue weighted by molar-refractivity contribution is 4.79. The van der Waals surface area contributed by atoms with E-state index >= 15 is 0 Å². The fraction of sp³-hybridized carbons (Fsp3) is 1.00. The van der Waals surface area contributed by atoms with Gasteiger partial charge in [-0.25, -0.2) is 0 Å². The first-order chi connectivity index (χ1) is 6.54. The summed E-state index contributed by atoms with van der Waals surface area (Å²) in [6, 6.07) is 0. The van der Waals surface area contributed by atoms with Gasteiger partial charge in [0.05, 0.1) is 0 Å². The van der Waals surface area contributed by atoms with Crippen molar-refractivity contribution >= 4 is 0 Å². The molecule has 1 atom stereocenters. The van der Waals surface area contributed by atoms with E-state index in [9.17, 15) is 20.2 Å². The molecule has 7 nitrogen and oxygen atoms in total. The van der Waals surface area contributed by atoms with Gasteiger partial charge in [0.15, 0.2) is 5.60 Å². The third-order valence-electron chi connectivity index (χ3n) is 1.66. The van der Waals surface area contributed by atoms with Gasteiger partial charge < -0.3 is 4.84 Å². The highest BCUT2D eigenvalue weighted by atomic mass is 17.0. The standard InChI is InChI=1S/C8H16N2O5/c1-7(2,3)5-8(4,6-9(11)12)15-10(13)14/h5-6H2,1-4H3. The van der Waals surface area contributed by atoms with Crippen LogP contribution in [0.5, 0.6) is 0 Å². The van der Waals surface area contributed by atoms with E-state index in [0.717, 1.165) is 0 Å². The van der Waals surface area contributed by atoms with E-state index in [1.165, 1.54) is 6.92 Å². The van der Waals surface area contributed by atoms with Crippen LogP contribution in [0.3, 0.4) is 0 Å². The van der Waals surface area contributed by atoms with Gasteiger partial charge in [0, 0.05) is 4.92 Å². The summed E-state index contributed by atoms with van der Waals surface area (Å²) in [6.07, 6.45) is 0.238. The fourth-order valence-corrected chi connectivity index (χ4v) is 1.69. The van der Waals surface area contributed by atoms with Crippen LogP contribution in [0.4, 0.5) is 0 Å². The lowest BCUT2D eigenvalue weighted by atomic mass is 9.83. The molecular formula is C8H16N2O5. The number of rotatable bonds is 5. The lowest BCUT2D eigenvalue weighted by Gasteiger charge is -2.30. The minimum absolute atomic E-state index is 0.238. The zero-order valence-electron chi connectivity index (χ0n) is 9.35. The van der Waals surface area contributed by atoms with Crippen LogP contribution in [0.2, 0.25) is 0 Å². The van der Waals surface area contributed by atoms with Gasteiger partial charge in [-0.3, -0.25) is 10.1 Å². The molecule has 0 N–H and O–H groups in total. The van der Waals surface area contributed by atoms with Crippen LogP contribution < -0.4 is 0 Å². The molecule has 0 bridgehead atoms. The predicted molar refractivity (Wildman–Crippen MR) is 52.4 cm³/mol. The van der Waals surface area contributed by atoms with Gasteiger partial charge >= 0.3 is 0 Å². The average molecular weight is 220 g/mol. The largest absolute Gasteiger partial charge is 0.301 e. The number of hydrogen-bond acceptors (Lipinski definition) is 5. The van der Waals surface area contributed by atoms with E-state index < -0.39 is 22.2 Å². The quantitative estimate of drug-likeness (QED) is 0.518. The monoisotopic (exact) mass is 220 g/mol. The van der Waals surface area contributed by atoms with E-state index in [0.29, 0.717) is 0 Å². The van der Waals surface area contributed by atoms with E-state index in [1.54, 1.807) is 0 Å². The normalized spacial score (nSPS) is 15.5. The van der Waals surface area contributed by atoms with E-state index in [-0.39, 0.29) is 11.8 Å². The molecule has 0 radical (unpaired) electrons. The summed E-state index contributed by atoms with van der Waals surface area (Å²) in [6.45, 7) is 6.33. The SMILES string of the molecule is CC(C)(C)CC(C)(C[N+](=O)[O-])O[N+](=O)[O-]. The van der Waals surface area contributed by atoms with Crippen molar-refractivity contribution in [3.05, 3.63) is 20.2 Å². The Morgan fingerprint density at radius 3 is 1.87 bits per heavy atom. The molecule has 0 aliphatic heterocycles. The minimum Gasteiger partial charge on any atom is -0.301 e. The maximum atomic E-state index is 10.4. The van der Waals surface area contributed by atoms with Gasteiger partial charge in [-0.1, -0.05) is 20.8 Å². The molecule has 0 aromatic rings. The Morgan fingerprint density at radius 2 is 1.60 bits per heavy atom. The Balaban J connectivity index is 4.69. The second kappa shape index (κ2) is 4.41. The summed E-state index contributed by atoms with van der Waals surface area (Å²) in [4.78, 5) is 24.4. The van der Waals surface area contributed by atoms with Crippen molar-refractivity contribution in [2.45, 2.75) is 39.7 Å². The van der Waals surface area contributed by atoms with Crippen LogP contribution in [-0.2, 0) is 4.84 Å². The minimum atomic E-state index is -1.37. The molecule has 0 rings (SSSR count). The van der Waals surface area contributed by atoms with E-state index in [1.807, 2.05) is 20.8 Å². The fourth-order valence-electron chi connectivity index (χ4n) is 1.69. The first kappa shape index (κ1) is 13.6. The van der Waals surface area contributed by atoms with Gasteiger partial charge in [-0.05, 0) is 18.8 Å². The molecule has 0 aliphatic carbocycles. The summed E-state index contributed by atoms with van der Waals surface area (Å²) in [5.41, 5.74) is -1.65. The van der Waals surface area contributed by atoms with Gasteiger partial charge in [-0.15, -0.1) is 10.1 Å². The molecular weight excluding hydrogens is 204 g/mol. The maximum absolute atomic E-state index is 10.4. The smallest absolute Gasteiger partial charge is 0.295 e. The molecule has 0 saturated carbocycles. The zero-order valence-corrected chi connectivity index (χ0v) is 9.35. The Bertz CT molecular complexity index is 242. The van der Waals surface area contributed by atoms with Crippen LogP contribution in [-0.4, -0.2) is 22.2 Å². The van der Waals surface area contributed by atoms with E-state index in [4.69, 9.17) is 0 Å². The van der Waals surface area contributed by atoms with Crippen molar-refractivity contribution in [3.63, 3.8) is 0 Å². The Labute approximate surface area is 87.7 Å². The molecule has 0 amide bonds. The lowest BCUT2D eigenvalue weighted by molar-refractivity contribution is -0.788. The molecule has 0 aromatic carbocycles. The molecule has 7 heteroatoms. The topological polar surface area (TPSA) is 95.5 Å². The average Bonchev–Trinajstić information content (AvgIpc) is 1.73. The van der Waals surface area contributed by atoms with Crippen LogP contribution in [0.25, 0.3) is 0 Å². The van der Waals surface area contributed by atoms with Gasteiger partial charge in [-0.2, -0.15) is 0 Å². The summed E-state index contributed by atoms with van der Waals surface area (Å²) in [5.74, 6) is 0. The van der Waals surface area contributed by atoms with E-state index in [2.05, 4.69) is 4.84 Å². The number of hydrogen-bond donors (Lipinski definition) is 0. The lowest BCUT2D eigenvalue weighted by Crippen LogP contribution is -2.42. The summed E-state index contributed by atoms with van der Waals surface area (Å²) in [5, 5.41) is 19.7. The van der Waals surface area contributed by atoms with Crippen molar-refractivity contribution in [2.75, 3.05) is 6.54 Å². The van der Waals surface area contributed by atoms with Crippen LogP contribution in [0.15, 0.2) is 0 Å². The van der Waals surface area contributed by atoms with Gasteiger partial charge in [0.1, 0.15) is 0 Å². The van der Waals surface area contributed by atoms with Crippen molar-refractivity contribution in [1.82, 2.24) is 0 Å². The second-order valence-corrected chi connectivity index (χ2v) is 4.99. The van der Waals surface area contributed by atoms with Gasteiger partial charge in [0.2, 0.25) is 6.54 Å². The summed E-state index contributed by atoms with van der Waals surface area (Å²) >= 11 is 0. The molecule has 0 spiro atoms. The summed E-state index contributed by atoms with van der Waals surface area (Å²) in [7, 11) is 0. The number of nitro groups is 1. The highest BCUT2D eigenvalue weighted by Crippen LogP contribution is 2.30. The third-order valence-corrected chi connectivity index (χ3v) is 1.66. The first-order valence-electron chi connectivity index (χ1n) is 4.49. The Morgan fingerprint density at radius 1 is 1.13 bits per heavy atom. The van der Waals surface area contributed by atoms with Crippen molar-refractivity contribution in [1.29, 1.82) is 0 Å². The van der Waals surface area contributed by atoms with Gasteiger partial charge in [0.25, 0.3) is 5.09 Å². The second-order valence-electron chi connectivity index (χ2n) is 4.99. The molecule has 1 unspecified atom stereocenters. The molecule has 0 saturated heterocycles. The summed E-state index contributed by atoms with van der Waals surface area (Å²) < 4.78 is 0. The van der Waals surface area contributed by atoms with Crippen LogP contribution in [0, 0.1) is 25.6 Å². The van der Waals surface area contributed by atoms with Crippen molar-refractivity contribution < 1.29 is 14.8 Å². The molecule has 0 heterocycles.